The van der Waals surface area contributed by atoms with E-state index < -0.39 is 22.1 Å². The first-order valence-corrected chi connectivity index (χ1v) is 10.5. The molecule has 172 valence electrons. The first-order chi connectivity index (χ1) is 15.7. The lowest BCUT2D eigenvalue weighted by atomic mass is 10.1. The molecule has 0 fully saturated rings. The lowest BCUT2D eigenvalue weighted by molar-refractivity contribution is -0.384. The predicted molar refractivity (Wildman–Crippen MR) is 126 cm³/mol. The fourth-order valence-corrected chi connectivity index (χ4v) is 3.59. The van der Waals surface area contributed by atoms with Crippen LogP contribution in [0.2, 0.25) is 5.02 Å². The zero-order chi connectivity index (χ0) is 24.1. The number of anilines is 2. The number of unbranched alkanes of at least 4 members (excludes halogenated alkanes) is 1. The van der Waals surface area contributed by atoms with Gasteiger partial charge in [-0.15, -0.1) is 0 Å². The van der Waals surface area contributed by atoms with Crippen molar-refractivity contribution in [1.29, 1.82) is 0 Å². The molecule has 1 heterocycles. The number of amides is 1. The zero-order valence-corrected chi connectivity index (χ0v) is 18.5. The summed E-state index contributed by atoms with van der Waals surface area (Å²) in [5, 5.41) is 10.9. The third-order valence-electron chi connectivity index (χ3n) is 5.04. The third kappa shape index (κ3) is 5.12. The molecule has 3 rings (SSSR count). The van der Waals surface area contributed by atoms with Crippen molar-refractivity contribution in [2.45, 2.75) is 32.9 Å². The van der Waals surface area contributed by atoms with Crippen LogP contribution in [0.4, 0.5) is 17.2 Å². The number of nitrogens with zero attached hydrogens (tertiary/aromatic N) is 3. The van der Waals surface area contributed by atoms with Crippen molar-refractivity contribution in [1.82, 2.24) is 9.55 Å². The number of halogens is 1. The monoisotopic (exact) mass is 471 g/mol. The topological polar surface area (TPSA) is 144 Å². The van der Waals surface area contributed by atoms with Crippen LogP contribution >= 0.6 is 11.6 Å². The van der Waals surface area contributed by atoms with Gasteiger partial charge in [-0.25, -0.2) is 4.79 Å². The van der Waals surface area contributed by atoms with Crippen LogP contribution in [0.5, 0.6) is 0 Å². The van der Waals surface area contributed by atoms with Crippen molar-refractivity contribution in [3.8, 4) is 0 Å². The van der Waals surface area contributed by atoms with Crippen LogP contribution in [0.25, 0.3) is 0 Å². The molecule has 2 aromatic carbocycles. The van der Waals surface area contributed by atoms with E-state index in [4.69, 9.17) is 17.3 Å². The number of nitrogens with two attached hydrogens (primary N) is 1. The summed E-state index contributed by atoms with van der Waals surface area (Å²) in [6, 6.07) is 12.3. The third-order valence-corrected chi connectivity index (χ3v) is 5.35. The van der Waals surface area contributed by atoms with Gasteiger partial charge in [-0.05, 0) is 18.1 Å². The Balaban J connectivity index is 2.18. The molecular formula is C22H22ClN5O5. The number of nitrogens with one attached hydrogen (secondary N) is 1. The smallest absolute Gasteiger partial charge is 0.330 e. The number of nitro groups is 1. The number of nitrogen functional groups attached to an aromatic ring is 1. The number of aromatic amines is 1. The summed E-state index contributed by atoms with van der Waals surface area (Å²) >= 11 is 6.18. The van der Waals surface area contributed by atoms with E-state index in [2.05, 4.69) is 4.98 Å². The second kappa shape index (κ2) is 10.1. The maximum Gasteiger partial charge on any atom is 0.330 e. The molecule has 33 heavy (non-hydrogen) atoms. The van der Waals surface area contributed by atoms with Crippen molar-refractivity contribution in [3.63, 3.8) is 0 Å². The molecule has 0 saturated heterocycles. The van der Waals surface area contributed by atoms with Crippen LogP contribution in [-0.2, 0) is 13.1 Å². The number of aromatic nitrogens is 2. The Hall–Kier alpha value is -3.92. The van der Waals surface area contributed by atoms with Crippen LogP contribution in [0.1, 0.15) is 35.7 Å². The van der Waals surface area contributed by atoms with E-state index in [1.807, 2.05) is 6.92 Å². The van der Waals surface area contributed by atoms with E-state index in [-0.39, 0.29) is 40.9 Å². The van der Waals surface area contributed by atoms with Crippen molar-refractivity contribution in [3.05, 3.63) is 95.6 Å². The van der Waals surface area contributed by atoms with Gasteiger partial charge in [0.25, 0.3) is 17.2 Å². The summed E-state index contributed by atoms with van der Waals surface area (Å²) in [6.45, 7) is 2.15. The first-order valence-electron chi connectivity index (χ1n) is 10.2. The number of nitro benzene ring substituents is 1. The second-order valence-electron chi connectivity index (χ2n) is 7.30. The molecule has 0 unspecified atom stereocenters. The van der Waals surface area contributed by atoms with Crippen molar-refractivity contribution < 1.29 is 9.72 Å². The molecule has 0 atom stereocenters. The normalized spacial score (nSPS) is 10.7. The zero-order valence-electron chi connectivity index (χ0n) is 17.8. The van der Waals surface area contributed by atoms with Gasteiger partial charge in [0.15, 0.2) is 5.69 Å². The van der Waals surface area contributed by atoms with Gasteiger partial charge in [-0.2, -0.15) is 0 Å². The van der Waals surface area contributed by atoms with Gasteiger partial charge in [0.2, 0.25) is 0 Å². The molecule has 0 aliphatic rings. The van der Waals surface area contributed by atoms with E-state index in [9.17, 15) is 24.5 Å². The second-order valence-corrected chi connectivity index (χ2v) is 7.70. The maximum absolute atomic E-state index is 13.5. The number of hydrogen-bond acceptors (Lipinski definition) is 6. The molecular weight excluding hydrogens is 450 g/mol. The Morgan fingerprint density at radius 1 is 1.21 bits per heavy atom. The van der Waals surface area contributed by atoms with E-state index in [0.717, 1.165) is 23.5 Å². The lowest BCUT2D eigenvalue weighted by Gasteiger charge is -2.25. The highest BCUT2D eigenvalue weighted by Crippen LogP contribution is 2.27. The molecule has 3 aromatic rings. The van der Waals surface area contributed by atoms with Crippen LogP contribution in [0.3, 0.4) is 0 Å². The maximum atomic E-state index is 13.5. The number of benzene rings is 2. The largest absolute Gasteiger partial charge is 0.383 e. The van der Waals surface area contributed by atoms with Gasteiger partial charge in [0.05, 0.1) is 22.1 Å². The average Bonchev–Trinajstić information content (AvgIpc) is 2.78. The van der Waals surface area contributed by atoms with Gasteiger partial charge in [-0.1, -0.05) is 55.3 Å². The number of non-ortho nitro benzene ring substituents is 1. The summed E-state index contributed by atoms with van der Waals surface area (Å²) in [5.41, 5.74) is 4.88. The first kappa shape index (κ1) is 23.7. The van der Waals surface area contributed by atoms with Crippen LogP contribution in [-0.4, -0.2) is 20.4 Å². The number of carbonyl (C=O) groups excluding carboxylic acids is 1. The number of H-pyrrole nitrogens is 1. The molecule has 0 aliphatic carbocycles. The van der Waals surface area contributed by atoms with Crippen LogP contribution < -0.4 is 21.9 Å². The number of rotatable bonds is 8. The standard InChI is InChI=1S/C22H22ClN5O5/c1-2-3-11-26-19(24)18(20(29)25-22(26)31)27(13-14-7-5-4-6-8-14)21(30)16-10-9-15(28(32)33)12-17(16)23/h4-10,12H,2-3,11,13,24H2,1H3,(H,25,29,31). The Labute approximate surface area is 193 Å². The molecule has 11 heteroatoms. The molecule has 3 N–H and O–H groups in total. The molecule has 0 aliphatic heterocycles. The predicted octanol–water partition coefficient (Wildman–Crippen LogP) is 3.33. The fourth-order valence-electron chi connectivity index (χ4n) is 3.33. The van der Waals surface area contributed by atoms with Crippen molar-refractivity contribution in [2.24, 2.45) is 0 Å². The van der Waals surface area contributed by atoms with Gasteiger partial charge in [0.1, 0.15) is 5.82 Å². The van der Waals surface area contributed by atoms with Crippen LogP contribution in [0, 0.1) is 10.1 Å². The Morgan fingerprint density at radius 3 is 2.52 bits per heavy atom. The summed E-state index contributed by atoms with van der Waals surface area (Å²) in [7, 11) is 0. The van der Waals surface area contributed by atoms with Crippen molar-refractivity contribution >= 4 is 34.7 Å². The summed E-state index contributed by atoms with van der Waals surface area (Å²) < 4.78 is 1.21. The summed E-state index contributed by atoms with van der Waals surface area (Å²) in [5.74, 6) is -0.851. The highest BCUT2D eigenvalue weighted by molar-refractivity contribution is 6.34. The van der Waals surface area contributed by atoms with E-state index in [1.54, 1.807) is 30.3 Å². The van der Waals surface area contributed by atoms with Gasteiger partial charge >= 0.3 is 5.69 Å². The molecule has 0 bridgehead atoms. The molecule has 0 saturated carbocycles. The number of carbonyl (C=O) groups is 1. The van der Waals surface area contributed by atoms with E-state index >= 15 is 0 Å². The molecule has 0 radical (unpaired) electrons. The quantitative estimate of drug-likeness (QED) is 0.380. The van der Waals surface area contributed by atoms with Crippen LogP contribution in [0.15, 0.2) is 58.1 Å². The minimum atomic E-state index is -0.826. The highest BCUT2D eigenvalue weighted by Gasteiger charge is 2.27. The average molecular weight is 472 g/mol. The summed E-state index contributed by atoms with van der Waals surface area (Å²) in [4.78, 5) is 52.4. The lowest BCUT2D eigenvalue weighted by Crippen LogP contribution is -2.41. The fraction of sp³-hybridized carbons (Fsp3) is 0.227. The Morgan fingerprint density at radius 2 is 1.91 bits per heavy atom. The Kier molecular flexibility index (Phi) is 7.29. The van der Waals surface area contributed by atoms with Gasteiger partial charge in [0, 0.05) is 18.7 Å². The van der Waals surface area contributed by atoms with E-state index in [1.165, 1.54) is 10.6 Å². The minimum Gasteiger partial charge on any atom is -0.383 e. The van der Waals surface area contributed by atoms with Gasteiger partial charge in [-0.3, -0.25) is 34.2 Å². The SMILES string of the molecule is CCCCn1c(N)c(N(Cc2ccccc2)C(=O)c2ccc([N+](=O)[O-])cc2Cl)c(=O)[nH]c1=O. The highest BCUT2D eigenvalue weighted by atomic mass is 35.5. The number of hydrogen-bond donors (Lipinski definition) is 2. The Bertz CT molecular complexity index is 1300. The molecule has 1 amide bonds. The van der Waals surface area contributed by atoms with Gasteiger partial charge < -0.3 is 5.73 Å². The van der Waals surface area contributed by atoms with Crippen molar-refractivity contribution in [2.75, 3.05) is 10.6 Å². The summed E-state index contributed by atoms with van der Waals surface area (Å²) in [6.07, 6.45) is 1.42. The molecule has 0 spiro atoms. The minimum absolute atomic E-state index is 0.0494. The molecule has 1 aromatic heterocycles. The molecule has 10 nitrogen and oxygen atoms in total. The van der Waals surface area contributed by atoms with E-state index in [0.29, 0.717) is 12.0 Å².